The molecule has 0 spiro atoms. The zero-order chi connectivity index (χ0) is 12.3. The van der Waals surface area contributed by atoms with Crippen molar-refractivity contribution in [3.63, 3.8) is 0 Å². The van der Waals surface area contributed by atoms with Crippen LogP contribution in [0.5, 0.6) is 5.75 Å². The van der Waals surface area contributed by atoms with Crippen LogP contribution < -0.4 is 5.73 Å². The molecule has 0 aliphatic rings. The number of ether oxygens (including phenoxy) is 1. The summed E-state index contributed by atoms with van der Waals surface area (Å²) in [5, 5.41) is 13.1. The fourth-order valence-electron chi connectivity index (χ4n) is 1.35. The van der Waals surface area contributed by atoms with Gasteiger partial charge >= 0.3 is 0 Å². The molecule has 1 heterocycles. The second-order valence-corrected chi connectivity index (χ2v) is 3.53. The summed E-state index contributed by atoms with van der Waals surface area (Å²) in [5.74, 6) is 0.990. The van der Waals surface area contributed by atoms with Crippen LogP contribution in [0.3, 0.4) is 0 Å². The lowest BCUT2D eigenvalue weighted by Gasteiger charge is -1.99. The quantitative estimate of drug-likeness (QED) is 0.611. The van der Waals surface area contributed by atoms with Crippen molar-refractivity contribution in [2.45, 2.75) is 6.42 Å². The number of rotatable bonds is 4. The highest BCUT2D eigenvalue weighted by molar-refractivity contribution is 5.64. The highest BCUT2D eigenvalue weighted by atomic mass is 16.5. The number of anilines is 1. The van der Waals surface area contributed by atoms with Crippen molar-refractivity contribution in [2.24, 2.45) is 0 Å². The first kappa shape index (κ1) is 11.4. The summed E-state index contributed by atoms with van der Waals surface area (Å²) in [5.41, 5.74) is 6.54. The van der Waals surface area contributed by atoms with Crippen LogP contribution in [0, 0.1) is 0 Å². The molecule has 0 unspecified atom stereocenters. The average Bonchev–Trinajstić information content (AvgIpc) is 2.79. The Kier molecular flexibility index (Phi) is 3.24. The lowest BCUT2D eigenvalue weighted by atomic mass is 10.2. The van der Waals surface area contributed by atoms with Crippen molar-refractivity contribution in [3.8, 4) is 17.2 Å². The fourth-order valence-corrected chi connectivity index (χ4v) is 1.35. The van der Waals surface area contributed by atoms with E-state index in [0.29, 0.717) is 30.3 Å². The van der Waals surface area contributed by atoms with Crippen LogP contribution in [-0.2, 0) is 11.2 Å². The summed E-state index contributed by atoms with van der Waals surface area (Å²) in [7, 11) is 1.61. The van der Waals surface area contributed by atoms with E-state index < -0.39 is 0 Å². The van der Waals surface area contributed by atoms with Gasteiger partial charge in [-0.05, 0) is 18.2 Å². The normalized spacial score (nSPS) is 10.6. The second-order valence-electron chi connectivity index (χ2n) is 3.53. The number of methoxy groups -OCH3 is 1. The summed E-state index contributed by atoms with van der Waals surface area (Å²) in [6, 6.07) is 4.74. The van der Waals surface area contributed by atoms with Crippen LogP contribution in [0.15, 0.2) is 22.7 Å². The third-order valence-electron chi connectivity index (χ3n) is 2.27. The molecule has 0 saturated heterocycles. The zero-order valence-corrected chi connectivity index (χ0v) is 9.38. The largest absolute Gasteiger partial charge is 0.506 e. The average molecular weight is 235 g/mol. The molecule has 0 aliphatic carbocycles. The van der Waals surface area contributed by atoms with Gasteiger partial charge in [0.1, 0.15) is 5.75 Å². The number of nitrogen functional groups attached to an aromatic ring is 1. The Labute approximate surface area is 98.0 Å². The van der Waals surface area contributed by atoms with Gasteiger partial charge in [0.25, 0.3) is 5.89 Å². The molecular weight excluding hydrogens is 222 g/mol. The molecule has 2 rings (SSSR count). The highest BCUT2D eigenvalue weighted by Gasteiger charge is 2.09. The van der Waals surface area contributed by atoms with Crippen LogP contribution in [-0.4, -0.2) is 29.0 Å². The molecule has 6 heteroatoms. The summed E-state index contributed by atoms with van der Waals surface area (Å²) < 4.78 is 10.0. The van der Waals surface area contributed by atoms with Gasteiger partial charge in [-0.1, -0.05) is 5.16 Å². The van der Waals surface area contributed by atoms with E-state index in [1.165, 1.54) is 6.07 Å². The van der Waals surface area contributed by atoms with Crippen LogP contribution in [0.25, 0.3) is 11.5 Å². The summed E-state index contributed by atoms with van der Waals surface area (Å²) in [6.07, 6.45) is 0.591. The van der Waals surface area contributed by atoms with Gasteiger partial charge < -0.3 is 20.1 Å². The number of nitrogens with zero attached hydrogens (tertiary/aromatic N) is 2. The third-order valence-corrected chi connectivity index (χ3v) is 2.27. The summed E-state index contributed by atoms with van der Waals surface area (Å²) in [6.45, 7) is 0.538. The third kappa shape index (κ3) is 2.54. The standard InChI is InChI=1S/C11H13N3O3/c1-16-5-4-10-13-11(17-14-10)7-2-3-9(15)8(12)6-7/h2-3,6,15H,4-5,12H2,1H3. The van der Waals surface area contributed by atoms with Gasteiger partial charge in [-0.2, -0.15) is 4.98 Å². The Bertz CT molecular complexity index is 510. The van der Waals surface area contributed by atoms with Gasteiger partial charge in [-0.25, -0.2) is 0 Å². The van der Waals surface area contributed by atoms with Crippen molar-refractivity contribution < 1.29 is 14.4 Å². The molecule has 0 saturated carbocycles. The van der Waals surface area contributed by atoms with Crippen molar-refractivity contribution in [1.29, 1.82) is 0 Å². The number of phenols is 1. The minimum atomic E-state index is 0.0351. The molecule has 6 nitrogen and oxygen atoms in total. The van der Waals surface area contributed by atoms with E-state index in [0.717, 1.165) is 0 Å². The number of aromatic hydroxyl groups is 1. The molecule has 0 atom stereocenters. The van der Waals surface area contributed by atoms with Gasteiger partial charge in [0.05, 0.1) is 12.3 Å². The smallest absolute Gasteiger partial charge is 0.258 e. The van der Waals surface area contributed by atoms with Crippen molar-refractivity contribution in [2.75, 3.05) is 19.5 Å². The van der Waals surface area contributed by atoms with Crippen LogP contribution in [0.1, 0.15) is 5.82 Å². The van der Waals surface area contributed by atoms with E-state index in [2.05, 4.69) is 10.1 Å². The van der Waals surface area contributed by atoms with E-state index in [4.69, 9.17) is 15.0 Å². The molecule has 90 valence electrons. The number of hydrogen-bond donors (Lipinski definition) is 2. The molecule has 0 amide bonds. The Morgan fingerprint density at radius 2 is 2.29 bits per heavy atom. The lowest BCUT2D eigenvalue weighted by molar-refractivity contribution is 0.199. The van der Waals surface area contributed by atoms with Gasteiger partial charge in [0, 0.05) is 19.1 Å². The van der Waals surface area contributed by atoms with Gasteiger partial charge in [-0.15, -0.1) is 0 Å². The Morgan fingerprint density at radius 3 is 3.00 bits per heavy atom. The maximum atomic E-state index is 9.30. The van der Waals surface area contributed by atoms with Crippen molar-refractivity contribution in [3.05, 3.63) is 24.0 Å². The number of phenolic OH excluding ortho intramolecular Hbond substituents is 1. The topological polar surface area (TPSA) is 94.4 Å². The van der Waals surface area contributed by atoms with Gasteiger partial charge in [0.2, 0.25) is 0 Å². The molecule has 0 bridgehead atoms. The van der Waals surface area contributed by atoms with Crippen molar-refractivity contribution in [1.82, 2.24) is 10.1 Å². The van der Waals surface area contributed by atoms with Crippen LogP contribution >= 0.6 is 0 Å². The minimum absolute atomic E-state index is 0.0351. The molecular formula is C11H13N3O3. The molecule has 0 aliphatic heterocycles. The SMILES string of the molecule is COCCc1noc(-c2ccc(O)c(N)c2)n1. The molecule has 2 aromatic rings. The Balaban J connectivity index is 2.21. The van der Waals surface area contributed by atoms with E-state index in [1.54, 1.807) is 19.2 Å². The Morgan fingerprint density at radius 1 is 1.47 bits per heavy atom. The predicted octanol–water partition coefficient (Wildman–Crippen LogP) is 1.21. The zero-order valence-electron chi connectivity index (χ0n) is 9.38. The first-order chi connectivity index (χ1) is 8.20. The maximum Gasteiger partial charge on any atom is 0.258 e. The number of benzene rings is 1. The molecule has 1 aromatic carbocycles. The second kappa shape index (κ2) is 4.84. The van der Waals surface area contributed by atoms with E-state index in [-0.39, 0.29) is 11.4 Å². The molecule has 17 heavy (non-hydrogen) atoms. The monoisotopic (exact) mass is 235 g/mol. The first-order valence-corrected chi connectivity index (χ1v) is 5.11. The van der Waals surface area contributed by atoms with Crippen LogP contribution in [0.2, 0.25) is 0 Å². The molecule has 0 radical (unpaired) electrons. The van der Waals surface area contributed by atoms with E-state index in [9.17, 15) is 5.11 Å². The maximum absolute atomic E-state index is 9.30. The lowest BCUT2D eigenvalue weighted by Crippen LogP contribution is -1.96. The minimum Gasteiger partial charge on any atom is -0.506 e. The van der Waals surface area contributed by atoms with E-state index >= 15 is 0 Å². The van der Waals surface area contributed by atoms with Gasteiger partial charge in [0.15, 0.2) is 5.82 Å². The molecule has 3 N–H and O–H groups in total. The number of aromatic nitrogens is 2. The van der Waals surface area contributed by atoms with Crippen LogP contribution in [0.4, 0.5) is 5.69 Å². The number of nitrogens with two attached hydrogens (primary N) is 1. The fraction of sp³-hybridized carbons (Fsp3) is 0.273. The first-order valence-electron chi connectivity index (χ1n) is 5.11. The predicted molar refractivity (Wildman–Crippen MR) is 61.4 cm³/mol. The summed E-state index contributed by atoms with van der Waals surface area (Å²) in [4.78, 5) is 4.19. The molecule has 1 aromatic heterocycles. The van der Waals surface area contributed by atoms with E-state index in [1.807, 2.05) is 0 Å². The van der Waals surface area contributed by atoms with Crippen molar-refractivity contribution >= 4 is 5.69 Å². The highest BCUT2D eigenvalue weighted by Crippen LogP contribution is 2.26. The van der Waals surface area contributed by atoms with Gasteiger partial charge in [-0.3, -0.25) is 0 Å². The number of hydrogen-bond acceptors (Lipinski definition) is 6. The summed E-state index contributed by atoms with van der Waals surface area (Å²) >= 11 is 0. The Hall–Kier alpha value is -2.08. The molecule has 0 fully saturated rings.